The van der Waals surface area contributed by atoms with Gasteiger partial charge in [0.1, 0.15) is 5.82 Å². The first-order valence-electron chi connectivity index (χ1n) is 7.41. The Morgan fingerprint density at radius 1 is 1.17 bits per heavy atom. The molecule has 24 heavy (non-hydrogen) atoms. The Balaban J connectivity index is 1.63. The van der Waals surface area contributed by atoms with Crippen LogP contribution in [-0.2, 0) is 12.2 Å². The number of aryl methyl sites for hydroxylation is 1. The van der Waals surface area contributed by atoms with Crippen LogP contribution in [0, 0.1) is 5.82 Å². The number of benzene rings is 2. The van der Waals surface area contributed by atoms with Crippen molar-refractivity contribution in [2.45, 2.75) is 23.4 Å². The summed E-state index contributed by atoms with van der Waals surface area (Å²) in [5, 5.41) is 12.6. The smallest absolute Gasteiger partial charge is 0.210 e. The second-order valence-corrected chi connectivity index (χ2v) is 7.64. The molecule has 0 atom stereocenters. The van der Waals surface area contributed by atoms with Gasteiger partial charge in [-0.2, -0.15) is 0 Å². The molecule has 0 saturated carbocycles. The van der Waals surface area contributed by atoms with Crippen LogP contribution in [0.3, 0.4) is 0 Å². The van der Waals surface area contributed by atoms with Crippen molar-refractivity contribution < 1.29 is 4.39 Å². The number of halogens is 2. The molecule has 0 fully saturated rings. The number of aromatic nitrogens is 2. The normalized spacial score (nSPS) is 10.8. The molecule has 0 spiro atoms. The largest absolute Gasteiger partial charge is 0.330 e. The van der Waals surface area contributed by atoms with Gasteiger partial charge in [0.25, 0.3) is 0 Å². The van der Waals surface area contributed by atoms with Crippen molar-refractivity contribution in [3.8, 4) is 0 Å². The maximum atomic E-state index is 13.8. The Bertz CT molecular complexity index is 801. The van der Waals surface area contributed by atoms with Gasteiger partial charge < -0.3 is 5.32 Å². The molecule has 2 aromatic carbocycles. The second-order valence-electron chi connectivity index (χ2n) is 5.04. The summed E-state index contributed by atoms with van der Waals surface area (Å²) in [6, 6.07) is 12.9. The van der Waals surface area contributed by atoms with Gasteiger partial charge in [0.05, 0.1) is 0 Å². The van der Waals surface area contributed by atoms with E-state index in [9.17, 15) is 4.39 Å². The van der Waals surface area contributed by atoms with Crippen molar-refractivity contribution in [3.05, 3.63) is 64.4 Å². The Hall–Kier alpha value is -1.63. The maximum absolute atomic E-state index is 13.8. The molecular weight excluding hydrogens is 365 g/mol. The standard InChI is InChI=1S/C17H15ClFN3S2/c1-2-11-6-8-12(9-7-11)20-16-21-22-17(24-16)23-10-13-14(18)4-3-5-15(13)19/h3-9H,2,10H2,1H3,(H,20,21). The lowest BCUT2D eigenvalue weighted by Crippen LogP contribution is -1.89. The van der Waals surface area contributed by atoms with Gasteiger partial charge in [0.15, 0.2) is 4.34 Å². The number of rotatable bonds is 6. The van der Waals surface area contributed by atoms with E-state index >= 15 is 0 Å². The number of anilines is 2. The van der Waals surface area contributed by atoms with Crippen LogP contribution in [0.4, 0.5) is 15.2 Å². The van der Waals surface area contributed by atoms with Gasteiger partial charge in [-0.25, -0.2) is 4.39 Å². The number of hydrogen-bond acceptors (Lipinski definition) is 5. The molecule has 0 amide bonds. The van der Waals surface area contributed by atoms with Crippen LogP contribution in [0.2, 0.25) is 5.02 Å². The maximum Gasteiger partial charge on any atom is 0.210 e. The number of hydrogen-bond donors (Lipinski definition) is 1. The topological polar surface area (TPSA) is 37.8 Å². The van der Waals surface area contributed by atoms with E-state index in [4.69, 9.17) is 11.6 Å². The average Bonchev–Trinajstić information content (AvgIpc) is 3.02. The molecule has 0 saturated heterocycles. The predicted molar refractivity (Wildman–Crippen MR) is 100.0 cm³/mol. The van der Waals surface area contributed by atoms with E-state index in [-0.39, 0.29) is 5.82 Å². The summed E-state index contributed by atoms with van der Waals surface area (Å²) in [7, 11) is 0. The molecule has 0 aliphatic rings. The summed E-state index contributed by atoms with van der Waals surface area (Å²) in [6.45, 7) is 2.12. The average molecular weight is 380 g/mol. The van der Waals surface area contributed by atoms with Crippen LogP contribution < -0.4 is 5.32 Å². The van der Waals surface area contributed by atoms with Crippen LogP contribution >= 0.6 is 34.7 Å². The van der Waals surface area contributed by atoms with E-state index in [0.29, 0.717) is 21.5 Å². The molecule has 3 nitrogen and oxygen atoms in total. The fourth-order valence-electron chi connectivity index (χ4n) is 2.07. The first kappa shape index (κ1) is 17.2. The van der Waals surface area contributed by atoms with E-state index in [1.165, 1.54) is 34.7 Å². The third-order valence-corrected chi connectivity index (χ3v) is 5.77. The quantitative estimate of drug-likeness (QED) is 0.538. The molecule has 0 aliphatic carbocycles. The van der Waals surface area contributed by atoms with Crippen molar-refractivity contribution in [3.63, 3.8) is 0 Å². The highest BCUT2D eigenvalue weighted by atomic mass is 35.5. The molecule has 0 radical (unpaired) electrons. The van der Waals surface area contributed by atoms with E-state index in [1.54, 1.807) is 12.1 Å². The van der Waals surface area contributed by atoms with E-state index in [2.05, 4.69) is 34.6 Å². The molecule has 124 valence electrons. The van der Waals surface area contributed by atoms with Crippen molar-refractivity contribution in [1.29, 1.82) is 0 Å². The molecule has 3 rings (SSSR count). The molecule has 1 aromatic heterocycles. The van der Waals surface area contributed by atoms with E-state index < -0.39 is 0 Å². The zero-order valence-electron chi connectivity index (χ0n) is 12.9. The van der Waals surface area contributed by atoms with Gasteiger partial charge in [-0.3, -0.25) is 0 Å². The first-order valence-corrected chi connectivity index (χ1v) is 9.59. The van der Waals surface area contributed by atoms with Crippen molar-refractivity contribution in [2.75, 3.05) is 5.32 Å². The van der Waals surface area contributed by atoms with Gasteiger partial charge >= 0.3 is 0 Å². The third kappa shape index (κ3) is 4.26. The Morgan fingerprint density at radius 2 is 1.96 bits per heavy atom. The van der Waals surface area contributed by atoms with E-state index in [0.717, 1.165) is 16.4 Å². The highest BCUT2D eigenvalue weighted by molar-refractivity contribution is 8.00. The SMILES string of the molecule is CCc1ccc(Nc2nnc(SCc3c(F)cccc3Cl)s2)cc1. The molecule has 1 heterocycles. The van der Waals surface area contributed by atoms with Crippen molar-refractivity contribution in [2.24, 2.45) is 0 Å². The zero-order valence-corrected chi connectivity index (χ0v) is 15.3. The van der Waals surface area contributed by atoms with Crippen molar-refractivity contribution >= 4 is 45.5 Å². The molecule has 0 bridgehead atoms. The van der Waals surface area contributed by atoms with Crippen LogP contribution in [-0.4, -0.2) is 10.2 Å². The number of nitrogens with zero attached hydrogens (tertiary/aromatic N) is 2. The summed E-state index contributed by atoms with van der Waals surface area (Å²) >= 11 is 8.89. The van der Waals surface area contributed by atoms with Gasteiger partial charge in [-0.1, -0.05) is 59.8 Å². The fraction of sp³-hybridized carbons (Fsp3) is 0.176. The molecule has 1 N–H and O–H groups in total. The minimum absolute atomic E-state index is 0.297. The summed E-state index contributed by atoms with van der Waals surface area (Å²) in [5.41, 5.74) is 2.75. The molecule has 0 unspecified atom stereocenters. The van der Waals surface area contributed by atoms with Gasteiger partial charge in [0.2, 0.25) is 5.13 Å². The van der Waals surface area contributed by atoms with Gasteiger partial charge in [0, 0.05) is 22.0 Å². The molecule has 0 aliphatic heterocycles. The number of thioether (sulfide) groups is 1. The van der Waals surface area contributed by atoms with Crippen LogP contribution in [0.1, 0.15) is 18.1 Å². The summed E-state index contributed by atoms with van der Waals surface area (Å²) in [4.78, 5) is 0. The Kier molecular flexibility index (Phi) is 5.71. The fourth-order valence-corrected chi connectivity index (χ4v) is 4.19. The van der Waals surface area contributed by atoms with Crippen molar-refractivity contribution in [1.82, 2.24) is 10.2 Å². The minimum atomic E-state index is -0.297. The summed E-state index contributed by atoms with van der Waals surface area (Å²) in [6.07, 6.45) is 1.01. The monoisotopic (exact) mass is 379 g/mol. The van der Waals surface area contributed by atoms with Crippen LogP contribution in [0.5, 0.6) is 0 Å². The lowest BCUT2D eigenvalue weighted by molar-refractivity contribution is 0.617. The highest BCUT2D eigenvalue weighted by Crippen LogP contribution is 2.32. The summed E-state index contributed by atoms with van der Waals surface area (Å²) < 4.78 is 14.5. The Morgan fingerprint density at radius 3 is 2.67 bits per heavy atom. The zero-order chi connectivity index (χ0) is 16.9. The predicted octanol–water partition coefficient (Wildman–Crippen LogP) is 5.93. The highest BCUT2D eigenvalue weighted by Gasteiger charge is 2.10. The minimum Gasteiger partial charge on any atom is -0.330 e. The second kappa shape index (κ2) is 7.96. The third-order valence-electron chi connectivity index (χ3n) is 3.42. The van der Waals surface area contributed by atoms with Gasteiger partial charge in [-0.15, -0.1) is 10.2 Å². The van der Waals surface area contributed by atoms with Crippen LogP contribution in [0.25, 0.3) is 0 Å². The molecule has 7 heteroatoms. The lowest BCUT2D eigenvalue weighted by Gasteiger charge is -2.03. The van der Waals surface area contributed by atoms with Gasteiger partial charge in [-0.05, 0) is 36.2 Å². The molecule has 3 aromatic rings. The number of nitrogens with one attached hydrogen (secondary N) is 1. The Labute approximate surface area is 153 Å². The first-order chi connectivity index (χ1) is 11.7. The lowest BCUT2D eigenvalue weighted by atomic mass is 10.1. The molecular formula is C17H15ClFN3S2. The summed E-state index contributed by atoms with van der Waals surface area (Å²) in [5.74, 6) is 0.125. The van der Waals surface area contributed by atoms with Crippen LogP contribution in [0.15, 0.2) is 46.8 Å². The van der Waals surface area contributed by atoms with E-state index in [1.807, 2.05) is 12.1 Å².